The third-order valence-electron chi connectivity index (χ3n) is 5.51. The number of anilines is 1. The van der Waals surface area contributed by atoms with Crippen LogP contribution in [-0.2, 0) is 35.2 Å². The minimum absolute atomic E-state index is 0.00616. The fraction of sp³-hybridized carbons (Fsp3) is 0.522. The van der Waals surface area contributed by atoms with Crippen LogP contribution in [0.3, 0.4) is 0 Å². The van der Waals surface area contributed by atoms with E-state index in [9.17, 15) is 24.0 Å². The topological polar surface area (TPSA) is 143 Å². The summed E-state index contributed by atoms with van der Waals surface area (Å²) in [5, 5.41) is 7.76. The first-order valence-corrected chi connectivity index (χ1v) is 11.4. The van der Waals surface area contributed by atoms with Gasteiger partial charge in [0.1, 0.15) is 12.6 Å². The van der Waals surface area contributed by atoms with Gasteiger partial charge in [0, 0.05) is 42.7 Å². The predicted molar refractivity (Wildman–Crippen MR) is 121 cm³/mol. The summed E-state index contributed by atoms with van der Waals surface area (Å²) in [4.78, 5) is 61.5. The predicted octanol–water partition coefficient (Wildman–Crippen LogP) is 0.336. The molecule has 3 N–H and O–H groups in total. The molecule has 3 rings (SSSR count). The highest BCUT2D eigenvalue weighted by Crippen LogP contribution is 2.32. The van der Waals surface area contributed by atoms with Crippen molar-refractivity contribution in [1.82, 2.24) is 15.5 Å². The summed E-state index contributed by atoms with van der Waals surface area (Å²) < 4.78 is 10.7. The molecule has 0 saturated carbocycles. The van der Waals surface area contributed by atoms with Crippen molar-refractivity contribution in [2.24, 2.45) is 0 Å². The number of fused-ring (bicyclic) bond motifs is 1. The van der Waals surface area contributed by atoms with Gasteiger partial charge in [0.15, 0.2) is 0 Å². The summed E-state index contributed by atoms with van der Waals surface area (Å²) >= 11 is 0. The molecular weight excluding hydrogens is 444 g/mol. The van der Waals surface area contributed by atoms with Gasteiger partial charge in [-0.3, -0.25) is 29.3 Å². The van der Waals surface area contributed by atoms with Crippen molar-refractivity contribution in [2.45, 2.75) is 45.2 Å². The van der Waals surface area contributed by atoms with Crippen LogP contribution in [0.2, 0.25) is 0 Å². The van der Waals surface area contributed by atoms with E-state index < -0.39 is 11.9 Å². The summed E-state index contributed by atoms with van der Waals surface area (Å²) in [7, 11) is 0. The molecule has 1 unspecified atom stereocenters. The Morgan fingerprint density at radius 1 is 1.12 bits per heavy atom. The number of rotatable bonds is 12. The van der Waals surface area contributed by atoms with Crippen molar-refractivity contribution in [2.75, 3.05) is 38.3 Å². The maximum atomic E-state index is 12.8. The molecule has 2 heterocycles. The first kappa shape index (κ1) is 25.3. The molecule has 5 amide bonds. The van der Waals surface area contributed by atoms with Crippen LogP contribution in [0, 0.1) is 0 Å². The minimum atomic E-state index is -0.718. The molecule has 0 spiro atoms. The Bertz CT molecular complexity index is 949. The maximum Gasteiger partial charge on any atom is 0.255 e. The number of amides is 5. The van der Waals surface area contributed by atoms with Crippen molar-refractivity contribution in [1.29, 1.82) is 0 Å². The standard InChI is InChI=1S/C23H30N4O7/c1-2-4-19(28)24-9-10-33-11-12-34-14-21(30)25-17-6-3-5-15-16(17)13-27(23(15)32)18-7-8-20(29)26-22(18)31/h3,5-6,18H,2,4,7-14H2,1H3,(H,24,28)(H,25,30)(H,26,29,31). The van der Waals surface area contributed by atoms with E-state index in [1.165, 1.54) is 4.90 Å². The Labute approximate surface area is 197 Å². The Balaban J connectivity index is 1.41. The number of piperidine rings is 1. The molecule has 184 valence electrons. The second-order valence-corrected chi connectivity index (χ2v) is 8.04. The Morgan fingerprint density at radius 3 is 2.68 bits per heavy atom. The van der Waals surface area contributed by atoms with Gasteiger partial charge < -0.3 is 25.0 Å². The number of hydrogen-bond acceptors (Lipinski definition) is 7. The smallest absolute Gasteiger partial charge is 0.255 e. The van der Waals surface area contributed by atoms with Crippen molar-refractivity contribution in [3.05, 3.63) is 29.3 Å². The van der Waals surface area contributed by atoms with Crippen LogP contribution < -0.4 is 16.0 Å². The van der Waals surface area contributed by atoms with Crippen molar-refractivity contribution < 1.29 is 33.4 Å². The molecule has 0 aliphatic carbocycles. The third-order valence-corrected chi connectivity index (χ3v) is 5.51. The van der Waals surface area contributed by atoms with Gasteiger partial charge in [-0.2, -0.15) is 0 Å². The Kier molecular flexibility index (Phi) is 9.11. The normalized spacial score (nSPS) is 17.4. The number of carbonyl (C=O) groups is 5. The zero-order valence-electron chi connectivity index (χ0n) is 19.2. The molecule has 1 fully saturated rings. The lowest BCUT2D eigenvalue weighted by Gasteiger charge is -2.29. The van der Waals surface area contributed by atoms with Gasteiger partial charge in [-0.25, -0.2) is 0 Å². The van der Waals surface area contributed by atoms with Crippen molar-refractivity contribution >= 4 is 35.2 Å². The summed E-state index contributed by atoms with van der Waals surface area (Å²) in [6.45, 7) is 3.19. The molecule has 1 aromatic rings. The molecule has 1 atom stereocenters. The van der Waals surface area contributed by atoms with E-state index in [-0.39, 0.29) is 62.8 Å². The summed E-state index contributed by atoms with van der Waals surface area (Å²) in [6.07, 6.45) is 1.73. The number of ether oxygens (including phenoxy) is 2. The van der Waals surface area contributed by atoms with E-state index >= 15 is 0 Å². The van der Waals surface area contributed by atoms with Gasteiger partial charge in [-0.05, 0) is 25.0 Å². The lowest BCUT2D eigenvalue weighted by Crippen LogP contribution is -2.52. The molecule has 2 aliphatic heterocycles. The van der Waals surface area contributed by atoms with Crippen molar-refractivity contribution in [3.8, 4) is 0 Å². The molecule has 0 bridgehead atoms. The molecule has 2 aliphatic rings. The van der Waals surface area contributed by atoms with Gasteiger partial charge >= 0.3 is 0 Å². The zero-order valence-corrected chi connectivity index (χ0v) is 19.2. The molecule has 11 heteroatoms. The number of carbonyl (C=O) groups excluding carboxylic acids is 5. The largest absolute Gasteiger partial charge is 0.377 e. The quantitative estimate of drug-likeness (QED) is 0.293. The molecule has 1 aromatic carbocycles. The SMILES string of the molecule is CCCC(=O)NCCOCCOCC(=O)Nc1cccc2c1CN(C1CCC(=O)NC1=O)C2=O. The number of nitrogens with zero attached hydrogens (tertiary/aromatic N) is 1. The van der Waals surface area contributed by atoms with Gasteiger partial charge in [0.2, 0.25) is 23.6 Å². The van der Waals surface area contributed by atoms with Crippen LogP contribution in [-0.4, -0.2) is 73.4 Å². The van der Waals surface area contributed by atoms with E-state index in [0.29, 0.717) is 36.4 Å². The van der Waals surface area contributed by atoms with Crippen LogP contribution in [0.15, 0.2) is 18.2 Å². The van der Waals surface area contributed by atoms with Gasteiger partial charge in [0.05, 0.1) is 19.8 Å². The van der Waals surface area contributed by atoms with E-state index in [0.717, 1.165) is 6.42 Å². The van der Waals surface area contributed by atoms with Crippen LogP contribution in [0.5, 0.6) is 0 Å². The van der Waals surface area contributed by atoms with Gasteiger partial charge in [0.25, 0.3) is 5.91 Å². The summed E-state index contributed by atoms with van der Waals surface area (Å²) in [5.41, 5.74) is 1.52. The molecule has 0 radical (unpaired) electrons. The van der Waals surface area contributed by atoms with E-state index in [1.807, 2.05) is 6.92 Å². The van der Waals surface area contributed by atoms with Gasteiger partial charge in [-0.15, -0.1) is 0 Å². The second-order valence-electron chi connectivity index (χ2n) is 8.04. The number of hydrogen-bond donors (Lipinski definition) is 3. The highest BCUT2D eigenvalue weighted by atomic mass is 16.5. The minimum Gasteiger partial charge on any atom is -0.377 e. The third kappa shape index (κ3) is 6.61. The lowest BCUT2D eigenvalue weighted by molar-refractivity contribution is -0.137. The van der Waals surface area contributed by atoms with E-state index in [4.69, 9.17) is 9.47 Å². The van der Waals surface area contributed by atoms with E-state index in [1.54, 1.807) is 18.2 Å². The molecule has 11 nitrogen and oxygen atoms in total. The Hall–Kier alpha value is -3.31. The fourth-order valence-corrected chi connectivity index (χ4v) is 3.85. The van der Waals surface area contributed by atoms with E-state index in [2.05, 4.69) is 16.0 Å². The average Bonchev–Trinajstić information content (AvgIpc) is 3.13. The average molecular weight is 475 g/mol. The molecule has 34 heavy (non-hydrogen) atoms. The zero-order chi connectivity index (χ0) is 24.5. The van der Waals surface area contributed by atoms with Crippen molar-refractivity contribution in [3.63, 3.8) is 0 Å². The Morgan fingerprint density at radius 2 is 1.91 bits per heavy atom. The molecule has 0 aromatic heterocycles. The van der Waals surface area contributed by atoms with Gasteiger partial charge in [-0.1, -0.05) is 13.0 Å². The number of imide groups is 1. The number of nitrogens with one attached hydrogen (secondary N) is 3. The highest BCUT2D eigenvalue weighted by Gasteiger charge is 2.39. The monoisotopic (exact) mass is 474 g/mol. The lowest BCUT2D eigenvalue weighted by atomic mass is 10.0. The molecule has 1 saturated heterocycles. The van der Waals surface area contributed by atoms with Crippen LogP contribution >= 0.6 is 0 Å². The summed E-state index contributed by atoms with van der Waals surface area (Å²) in [5.74, 6) is -1.52. The number of benzene rings is 1. The van der Waals surface area contributed by atoms with Crippen LogP contribution in [0.4, 0.5) is 5.69 Å². The fourth-order valence-electron chi connectivity index (χ4n) is 3.85. The summed E-state index contributed by atoms with van der Waals surface area (Å²) in [6, 6.07) is 4.28. The van der Waals surface area contributed by atoms with Crippen LogP contribution in [0.1, 0.15) is 48.5 Å². The first-order valence-electron chi connectivity index (χ1n) is 11.4. The molecular formula is C23H30N4O7. The highest BCUT2D eigenvalue weighted by molar-refractivity contribution is 6.06. The second kappa shape index (κ2) is 12.2. The maximum absolute atomic E-state index is 12.8. The van der Waals surface area contributed by atoms with Crippen LogP contribution in [0.25, 0.3) is 0 Å². The first-order chi connectivity index (χ1) is 16.4.